The minimum absolute atomic E-state index is 0.101. The highest BCUT2D eigenvalue weighted by Crippen LogP contribution is 2.23. The summed E-state index contributed by atoms with van der Waals surface area (Å²) in [5.41, 5.74) is 8.02. The molecule has 144 valence electrons. The Bertz CT molecular complexity index is 925. The molecule has 1 saturated heterocycles. The van der Waals surface area contributed by atoms with Gasteiger partial charge in [0.2, 0.25) is 17.8 Å². The number of fused-ring (bicyclic) bond motifs is 1. The molecular formula is C17H24N7O3+. The van der Waals surface area contributed by atoms with Gasteiger partial charge in [0.25, 0.3) is 5.91 Å². The van der Waals surface area contributed by atoms with Crippen molar-refractivity contribution in [1.82, 2.24) is 19.6 Å². The highest BCUT2D eigenvalue weighted by atomic mass is 16.2. The molecule has 0 aliphatic carbocycles. The number of rotatable bonds is 3. The van der Waals surface area contributed by atoms with Crippen molar-refractivity contribution in [3.8, 4) is 0 Å². The number of aliphatic imine (C=N–C) groups is 1. The number of carbonyl (C=O) groups excluding carboxylic acids is 3. The van der Waals surface area contributed by atoms with Crippen LogP contribution in [0.3, 0.4) is 0 Å². The van der Waals surface area contributed by atoms with Crippen molar-refractivity contribution in [2.75, 3.05) is 13.6 Å². The van der Waals surface area contributed by atoms with Crippen molar-refractivity contribution >= 4 is 29.6 Å². The van der Waals surface area contributed by atoms with Crippen molar-refractivity contribution < 1.29 is 19.0 Å². The van der Waals surface area contributed by atoms with E-state index < -0.39 is 30.4 Å². The van der Waals surface area contributed by atoms with Crippen LogP contribution in [0.2, 0.25) is 0 Å². The summed E-state index contributed by atoms with van der Waals surface area (Å²) in [4.78, 5) is 43.7. The monoisotopic (exact) mass is 374 g/mol. The van der Waals surface area contributed by atoms with Gasteiger partial charge in [-0.25, -0.2) is 9.37 Å². The van der Waals surface area contributed by atoms with Gasteiger partial charge in [0.15, 0.2) is 0 Å². The lowest BCUT2D eigenvalue weighted by molar-refractivity contribution is -0.567. The number of aryl methyl sites for hydroxylation is 1. The third-order valence-corrected chi connectivity index (χ3v) is 5.04. The SMILES string of the molecule is Cc1nn(C2=[N+](C(C)C)C3C(=O)N(CC(N)=O)C(=O)N(C)C3=N2)c(C)c1C. The number of urea groups is 1. The lowest BCUT2D eigenvalue weighted by atomic mass is 10.1. The molecule has 3 rings (SSSR count). The van der Waals surface area contributed by atoms with Crippen LogP contribution >= 0.6 is 0 Å². The van der Waals surface area contributed by atoms with E-state index in [1.54, 1.807) is 4.68 Å². The van der Waals surface area contributed by atoms with E-state index in [1.165, 1.54) is 11.9 Å². The Labute approximate surface area is 156 Å². The van der Waals surface area contributed by atoms with Crippen LogP contribution in [0, 0.1) is 20.8 Å². The number of aromatic nitrogens is 2. The molecule has 0 radical (unpaired) electrons. The van der Waals surface area contributed by atoms with E-state index in [9.17, 15) is 14.4 Å². The van der Waals surface area contributed by atoms with Gasteiger partial charge in [0.05, 0.1) is 11.7 Å². The van der Waals surface area contributed by atoms with E-state index in [0.29, 0.717) is 11.8 Å². The van der Waals surface area contributed by atoms with E-state index in [1.807, 2.05) is 39.2 Å². The molecule has 2 N–H and O–H groups in total. The minimum Gasteiger partial charge on any atom is -0.368 e. The maximum absolute atomic E-state index is 13.1. The topological polar surface area (TPSA) is 117 Å². The number of hydrogen-bond acceptors (Lipinski definition) is 5. The zero-order valence-electron chi connectivity index (χ0n) is 16.3. The number of primary amides is 1. The molecule has 10 nitrogen and oxygen atoms in total. The molecule has 0 bridgehead atoms. The molecule has 3 heterocycles. The van der Waals surface area contributed by atoms with E-state index in [4.69, 9.17) is 5.73 Å². The normalized spacial score (nSPS) is 20.0. The molecular weight excluding hydrogens is 350 g/mol. The van der Waals surface area contributed by atoms with Gasteiger partial charge in [-0.05, 0) is 34.6 Å². The molecule has 1 aromatic heterocycles. The Morgan fingerprint density at radius 2 is 1.89 bits per heavy atom. The van der Waals surface area contributed by atoms with Crippen LogP contribution in [-0.2, 0) is 9.59 Å². The summed E-state index contributed by atoms with van der Waals surface area (Å²) in [6.07, 6.45) is 0. The zero-order valence-corrected chi connectivity index (χ0v) is 16.3. The second-order valence-corrected chi connectivity index (χ2v) is 7.11. The van der Waals surface area contributed by atoms with Crippen LogP contribution in [0.1, 0.15) is 30.8 Å². The van der Waals surface area contributed by atoms with Crippen molar-refractivity contribution in [2.24, 2.45) is 10.7 Å². The summed E-state index contributed by atoms with van der Waals surface area (Å²) >= 11 is 0. The van der Waals surface area contributed by atoms with E-state index in [0.717, 1.165) is 21.9 Å². The molecule has 0 spiro atoms. The van der Waals surface area contributed by atoms with Gasteiger partial charge in [-0.15, -0.1) is 9.78 Å². The molecule has 10 heteroatoms. The lowest BCUT2D eigenvalue weighted by Crippen LogP contribution is -2.64. The fourth-order valence-electron chi connectivity index (χ4n) is 3.37. The fraction of sp³-hybridized carbons (Fsp3) is 0.529. The maximum atomic E-state index is 13.1. The van der Waals surface area contributed by atoms with Gasteiger partial charge < -0.3 is 5.73 Å². The molecule has 0 saturated carbocycles. The zero-order chi connectivity index (χ0) is 20.2. The predicted octanol–water partition coefficient (Wildman–Crippen LogP) is -0.407. The van der Waals surface area contributed by atoms with Crippen molar-refractivity contribution in [2.45, 2.75) is 46.7 Å². The maximum Gasteiger partial charge on any atom is 0.421 e. The molecule has 2 aliphatic heterocycles. The first kappa shape index (κ1) is 18.7. The molecule has 0 aromatic carbocycles. The summed E-state index contributed by atoms with van der Waals surface area (Å²) < 4.78 is 3.51. The van der Waals surface area contributed by atoms with Gasteiger partial charge in [-0.1, -0.05) is 4.99 Å². The Hall–Kier alpha value is -3.04. The average molecular weight is 374 g/mol. The van der Waals surface area contributed by atoms with Crippen LogP contribution < -0.4 is 5.73 Å². The first-order chi connectivity index (χ1) is 12.6. The van der Waals surface area contributed by atoms with E-state index >= 15 is 0 Å². The van der Waals surface area contributed by atoms with Crippen LogP contribution in [0.25, 0.3) is 0 Å². The van der Waals surface area contributed by atoms with Gasteiger partial charge >= 0.3 is 12.0 Å². The number of hydrogen-bond donors (Lipinski definition) is 1. The van der Waals surface area contributed by atoms with Gasteiger partial charge in [0, 0.05) is 12.6 Å². The Balaban J connectivity index is 2.19. The molecule has 4 amide bonds. The minimum atomic E-state index is -0.814. The number of amides is 4. The van der Waals surface area contributed by atoms with Crippen LogP contribution in [0.5, 0.6) is 0 Å². The average Bonchev–Trinajstić information content (AvgIpc) is 3.10. The van der Waals surface area contributed by atoms with Crippen LogP contribution in [0.4, 0.5) is 4.79 Å². The number of amidine groups is 1. The second kappa shape index (κ2) is 6.29. The summed E-state index contributed by atoms with van der Waals surface area (Å²) in [5, 5.41) is 4.55. The number of nitrogens with two attached hydrogens (primary N) is 1. The van der Waals surface area contributed by atoms with Crippen LogP contribution in [0.15, 0.2) is 4.99 Å². The highest BCUT2D eigenvalue weighted by molar-refractivity contribution is 6.23. The van der Waals surface area contributed by atoms with Gasteiger partial charge in [-0.2, -0.15) is 0 Å². The largest absolute Gasteiger partial charge is 0.421 e. The smallest absolute Gasteiger partial charge is 0.368 e. The first-order valence-corrected chi connectivity index (χ1v) is 8.70. The van der Waals surface area contributed by atoms with Gasteiger partial charge in [0.1, 0.15) is 12.2 Å². The number of nitrogens with zero attached hydrogens (tertiary/aromatic N) is 6. The molecule has 1 aromatic rings. The fourth-order valence-corrected chi connectivity index (χ4v) is 3.37. The molecule has 1 fully saturated rings. The molecule has 1 atom stereocenters. The Morgan fingerprint density at radius 3 is 2.37 bits per heavy atom. The lowest BCUT2D eigenvalue weighted by Gasteiger charge is -2.34. The van der Waals surface area contributed by atoms with Crippen LogP contribution in [-0.4, -0.2) is 79.5 Å². The first-order valence-electron chi connectivity index (χ1n) is 8.70. The molecule has 27 heavy (non-hydrogen) atoms. The third kappa shape index (κ3) is 2.71. The summed E-state index contributed by atoms with van der Waals surface area (Å²) in [6, 6.07) is -1.54. The molecule has 1 unspecified atom stereocenters. The Kier molecular flexibility index (Phi) is 4.37. The number of carbonyl (C=O) groups is 3. The quantitative estimate of drug-likeness (QED) is 0.724. The van der Waals surface area contributed by atoms with Gasteiger partial charge in [-0.3, -0.25) is 19.4 Å². The van der Waals surface area contributed by atoms with E-state index in [2.05, 4.69) is 10.1 Å². The van der Waals surface area contributed by atoms with Crippen molar-refractivity contribution in [3.63, 3.8) is 0 Å². The van der Waals surface area contributed by atoms with Crippen molar-refractivity contribution in [1.29, 1.82) is 0 Å². The third-order valence-electron chi connectivity index (χ3n) is 5.04. The molecule has 2 aliphatic rings. The number of likely N-dealkylation sites (N-methyl/N-ethyl adjacent to an activating group) is 1. The summed E-state index contributed by atoms with van der Waals surface area (Å²) in [6.45, 7) is 9.20. The standard InChI is InChI=1S/C17H23N7O3/c1-8(2)23-13-14(19-16(23)24-11(5)9(3)10(4)20-24)21(6)17(27)22(15(13)26)7-12(18)25/h8,13H,7H2,1-6H3,(H-,18,25)/p+1. The second-order valence-electron chi connectivity index (χ2n) is 7.11. The Morgan fingerprint density at radius 1 is 1.26 bits per heavy atom. The van der Waals surface area contributed by atoms with E-state index in [-0.39, 0.29) is 6.04 Å². The number of imide groups is 1. The summed E-state index contributed by atoms with van der Waals surface area (Å²) in [7, 11) is 1.53. The summed E-state index contributed by atoms with van der Waals surface area (Å²) in [5.74, 6) is -0.470. The highest BCUT2D eigenvalue weighted by Gasteiger charge is 2.54. The van der Waals surface area contributed by atoms with Crippen molar-refractivity contribution in [3.05, 3.63) is 17.0 Å². The predicted molar refractivity (Wildman–Crippen MR) is 97.5 cm³/mol.